The maximum atomic E-state index is 13.3. The lowest BCUT2D eigenvalue weighted by molar-refractivity contribution is 0.103. The largest absolute Gasteiger partial charge is 0.454 e. The fourth-order valence-corrected chi connectivity index (χ4v) is 6.15. The van der Waals surface area contributed by atoms with Crippen molar-refractivity contribution in [1.29, 1.82) is 0 Å². The van der Waals surface area contributed by atoms with Crippen molar-refractivity contribution in [2.24, 2.45) is 0 Å². The molecule has 26 heavy (non-hydrogen) atoms. The number of thioether (sulfide) groups is 2. The topological polar surface area (TPSA) is 54.0 Å². The zero-order valence-corrected chi connectivity index (χ0v) is 15.5. The SMILES string of the molecule is O=C(c1ccc2c(c1)OCO2)c1cc2c(cc1C1SCCCS1)OCO2. The Kier molecular flexibility index (Phi) is 4.13. The molecule has 0 bridgehead atoms. The van der Waals surface area contributed by atoms with Crippen LogP contribution in [0, 0.1) is 0 Å². The van der Waals surface area contributed by atoms with E-state index >= 15 is 0 Å². The summed E-state index contributed by atoms with van der Waals surface area (Å²) in [6.45, 7) is 0.388. The summed E-state index contributed by atoms with van der Waals surface area (Å²) in [5, 5.41) is 0. The van der Waals surface area contributed by atoms with Crippen molar-refractivity contribution in [3.8, 4) is 23.0 Å². The van der Waals surface area contributed by atoms with Gasteiger partial charge in [0.25, 0.3) is 0 Å². The second-order valence-electron chi connectivity index (χ2n) is 6.12. The molecule has 0 unspecified atom stereocenters. The molecule has 0 N–H and O–H groups in total. The Morgan fingerprint density at radius 2 is 1.50 bits per heavy atom. The first-order valence-corrected chi connectivity index (χ1v) is 10.5. The molecular formula is C19H16O5S2. The molecule has 3 aliphatic rings. The highest BCUT2D eigenvalue weighted by atomic mass is 32.2. The van der Waals surface area contributed by atoms with Crippen molar-refractivity contribution in [2.45, 2.75) is 11.0 Å². The van der Waals surface area contributed by atoms with E-state index in [1.165, 1.54) is 6.42 Å². The molecule has 7 heteroatoms. The number of fused-ring (bicyclic) bond motifs is 2. The summed E-state index contributed by atoms with van der Waals surface area (Å²) < 4.78 is 22.0. The van der Waals surface area contributed by atoms with Crippen LogP contribution in [0.5, 0.6) is 23.0 Å². The predicted molar refractivity (Wildman–Crippen MR) is 101 cm³/mol. The molecule has 0 radical (unpaired) electrons. The van der Waals surface area contributed by atoms with Crippen LogP contribution in [0.1, 0.15) is 32.5 Å². The van der Waals surface area contributed by atoms with E-state index in [4.69, 9.17) is 18.9 Å². The summed E-state index contributed by atoms with van der Waals surface area (Å²) >= 11 is 3.76. The fraction of sp³-hybridized carbons (Fsp3) is 0.316. The lowest BCUT2D eigenvalue weighted by Gasteiger charge is -2.23. The zero-order chi connectivity index (χ0) is 17.5. The lowest BCUT2D eigenvalue weighted by atomic mass is 9.98. The maximum Gasteiger partial charge on any atom is 0.231 e. The molecule has 5 nitrogen and oxygen atoms in total. The van der Waals surface area contributed by atoms with E-state index in [9.17, 15) is 4.79 Å². The molecule has 3 aliphatic heterocycles. The van der Waals surface area contributed by atoms with Crippen LogP contribution in [-0.2, 0) is 0 Å². The minimum absolute atomic E-state index is 0.0385. The molecule has 0 aromatic heterocycles. The van der Waals surface area contributed by atoms with Gasteiger partial charge < -0.3 is 18.9 Å². The highest BCUT2D eigenvalue weighted by Crippen LogP contribution is 2.48. The third kappa shape index (κ3) is 2.79. The average Bonchev–Trinajstić information content (AvgIpc) is 3.35. The van der Waals surface area contributed by atoms with Crippen LogP contribution < -0.4 is 18.9 Å². The number of ketones is 1. The second kappa shape index (κ2) is 6.63. The van der Waals surface area contributed by atoms with E-state index in [2.05, 4.69) is 0 Å². The van der Waals surface area contributed by atoms with Crippen molar-refractivity contribution >= 4 is 29.3 Å². The number of hydrogen-bond acceptors (Lipinski definition) is 7. The Hall–Kier alpha value is -1.99. The van der Waals surface area contributed by atoms with Crippen LogP contribution in [0.3, 0.4) is 0 Å². The van der Waals surface area contributed by atoms with Gasteiger partial charge in [-0.3, -0.25) is 4.79 Å². The number of carbonyl (C=O) groups excluding carboxylic acids is 1. The summed E-state index contributed by atoms with van der Waals surface area (Å²) in [5.41, 5.74) is 2.26. The predicted octanol–water partition coefficient (Wildman–Crippen LogP) is 4.24. The average molecular weight is 388 g/mol. The van der Waals surface area contributed by atoms with E-state index < -0.39 is 0 Å². The summed E-state index contributed by atoms with van der Waals surface area (Å²) in [4.78, 5) is 13.3. The Morgan fingerprint density at radius 1 is 0.846 bits per heavy atom. The van der Waals surface area contributed by atoms with Gasteiger partial charge in [0.2, 0.25) is 13.6 Å². The number of rotatable bonds is 3. The van der Waals surface area contributed by atoms with Gasteiger partial charge in [0, 0.05) is 11.1 Å². The molecule has 0 atom stereocenters. The Balaban J connectivity index is 1.57. The summed E-state index contributed by atoms with van der Waals surface area (Å²) in [5.74, 6) is 4.79. The van der Waals surface area contributed by atoms with Crippen LogP contribution in [0.15, 0.2) is 30.3 Å². The molecule has 0 amide bonds. The normalized spacial score (nSPS) is 18.2. The van der Waals surface area contributed by atoms with Crippen LogP contribution >= 0.6 is 23.5 Å². The van der Waals surface area contributed by atoms with E-state index in [0.717, 1.165) is 17.1 Å². The standard InChI is InChI=1S/C19H16O5S2/c20-18(11-2-3-14-15(6-11)22-9-21-14)12-7-16-17(24-10-23-16)8-13(12)19-25-4-1-5-26-19/h2-3,6-8,19H,1,4-5,9-10H2. The molecule has 1 fully saturated rings. The molecule has 134 valence electrons. The number of hydrogen-bond donors (Lipinski definition) is 0. The van der Waals surface area contributed by atoms with Gasteiger partial charge in [-0.1, -0.05) is 0 Å². The highest BCUT2D eigenvalue weighted by Gasteiger charge is 2.28. The third-order valence-corrected chi connectivity index (χ3v) is 7.48. The molecule has 0 spiro atoms. The van der Waals surface area contributed by atoms with Gasteiger partial charge in [-0.15, -0.1) is 23.5 Å². The monoisotopic (exact) mass is 388 g/mol. The van der Waals surface area contributed by atoms with Gasteiger partial charge in [0.15, 0.2) is 28.8 Å². The smallest absolute Gasteiger partial charge is 0.231 e. The van der Waals surface area contributed by atoms with Crippen molar-refractivity contribution < 1.29 is 23.7 Å². The molecule has 2 aromatic carbocycles. The second-order valence-corrected chi connectivity index (χ2v) is 8.84. The van der Waals surface area contributed by atoms with Crippen LogP contribution in [0.25, 0.3) is 0 Å². The Morgan fingerprint density at radius 3 is 2.27 bits per heavy atom. The van der Waals surface area contributed by atoms with Crippen molar-refractivity contribution in [3.05, 3.63) is 47.0 Å². The maximum absolute atomic E-state index is 13.3. The summed E-state index contributed by atoms with van der Waals surface area (Å²) in [6.07, 6.45) is 1.20. The fourth-order valence-electron chi connectivity index (χ4n) is 3.21. The van der Waals surface area contributed by atoms with E-state index in [1.54, 1.807) is 18.2 Å². The van der Waals surface area contributed by atoms with Crippen molar-refractivity contribution in [2.75, 3.05) is 25.1 Å². The molecule has 0 aliphatic carbocycles. The van der Waals surface area contributed by atoms with Crippen LogP contribution in [0.2, 0.25) is 0 Å². The van der Waals surface area contributed by atoms with Gasteiger partial charge in [0.05, 0.1) is 4.58 Å². The minimum atomic E-state index is -0.0385. The molecule has 5 rings (SSSR count). The zero-order valence-electron chi connectivity index (χ0n) is 13.9. The number of carbonyl (C=O) groups is 1. The minimum Gasteiger partial charge on any atom is -0.454 e. The van der Waals surface area contributed by atoms with Crippen molar-refractivity contribution in [1.82, 2.24) is 0 Å². The number of benzene rings is 2. The highest BCUT2D eigenvalue weighted by molar-refractivity contribution is 8.16. The molecule has 0 saturated carbocycles. The van der Waals surface area contributed by atoms with Crippen LogP contribution in [-0.4, -0.2) is 30.9 Å². The van der Waals surface area contributed by atoms with Gasteiger partial charge in [-0.05, 0) is 53.8 Å². The van der Waals surface area contributed by atoms with Gasteiger partial charge in [0.1, 0.15) is 0 Å². The quantitative estimate of drug-likeness (QED) is 0.729. The summed E-state index contributed by atoms with van der Waals surface area (Å²) in [6, 6.07) is 9.11. The Bertz CT molecular complexity index is 876. The summed E-state index contributed by atoms with van der Waals surface area (Å²) in [7, 11) is 0. The van der Waals surface area contributed by atoms with Gasteiger partial charge in [-0.2, -0.15) is 0 Å². The molecule has 2 aromatic rings. The first kappa shape index (κ1) is 16.2. The molecule has 1 saturated heterocycles. The first-order chi connectivity index (χ1) is 12.8. The van der Waals surface area contributed by atoms with E-state index in [0.29, 0.717) is 34.1 Å². The third-order valence-electron chi connectivity index (χ3n) is 4.51. The van der Waals surface area contributed by atoms with Gasteiger partial charge in [-0.25, -0.2) is 0 Å². The lowest BCUT2D eigenvalue weighted by Crippen LogP contribution is -2.09. The first-order valence-electron chi connectivity index (χ1n) is 8.41. The van der Waals surface area contributed by atoms with Crippen LogP contribution in [0.4, 0.5) is 0 Å². The number of ether oxygens (including phenoxy) is 4. The molecular weight excluding hydrogens is 372 g/mol. The molecule has 3 heterocycles. The van der Waals surface area contributed by atoms with Gasteiger partial charge >= 0.3 is 0 Å². The van der Waals surface area contributed by atoms with E-state index in [1.807, 2.05) is 35.7 Å². The van der Waals surface area contributed by atoms with Crippen molar-refractivity contribution in [3.63, 3.8) is 0 Å². The van der Waals surface area contributed by atoms with E-state index in [-0.39, 0.29) is 24.0 Å². The Labute approximate surface area is 159 Å².